The minimum Gasteiger partial charge on any atom is -0.479 e. The number of amides is 1. The van der Waals surface area contributed by atoms with Gasteiger partial charge >= 0.3 is 0 Å². The Morgan fingerprint density at radius 3 is 2.69 bits per heavy atom. The largest absolute Gasteiger partial charge is 0.479 e. The normalized spacial score (nSPS) is 15.0. The van der Waals surface area contributed by atoms with Crippen LogP contribution < -0.4 is 15.0 Å². The van der Waals surface area contributed by atoms with E-state index in [9.17, 15) is 4.79 Å². The number of nitrogens with zero attached hydrogens (tertiary/aromatic N) is 2. The lowest BCUT2D eigenvalue weighted by atomic mass is 10.2. The van der Waals surface area contributed by atoms with Crippen molar-refractivity contribution in [2.75, 3.05) is 18.0 Å². The van der Waals surface area contributed by atoms with Crippen molar-refractivity contribution in [3.8, 4) is 5.75 Å². The third-order valence-electron chi connectivity index (χ3n) is 4.27. The van der Waals surface area contributed by atoms with E-state index in [1.54, 1.807) is 31.3 Å². The van der Waals surface area contributed by atoms with Crippen molar-refractivity contribution in [3.05, 3.63) is 52.1 Å². The molecule has 0 aliphatic carbocycles. The molecular formula is C19H21Cl2N3O2. The highest BCUT2D eigenvalue weighted by Crippen LogP contribution is 2.28. The van der Waals surface area contributed by atoms with Crippen molar-refractivity contribution in [2.24, 2.45) is 0 Å². The number of anilines is 1. The minimum absolute atomic E-state index is 0.223. The van der Waals surface area contributed by atoms with Crippen LogP contribution in [0.2, 0.25) is 10.0 Å². The number of hydrogen-bond donors (Lipinski definition) is 1. The lowest BCUT2D eigenvalue weighted by molar-refractivity contribution is -0.127. The Balaban J connectivity index is 1.51. The van der Waals surface area contributed by atoms with E-state index in [2.05, 4.69) is 15.2 Å². The summed E-state index contributed by atoms with van der Waals surface area (Å²) in [6.45, 7) is 4.19. The third kappa shape index (κ3) is 4.80. The van der Waals surface area contributed by atoms with E-state index < -0.39 is 6.10 Å². The zero-order valence-corrected chi connectivity index (χ0v) is 16.1. The van der Waals surface area contributed by atoms with Crippen molar-refractivity contribution in [2.45, 2.75) is 32.4 Å². The summed E-state index contributed by atoms with van der Waals surface area (Å²) >= 11 is 11.9. The summed E-state index contributed by atoms with van der Waals surface area (Å²) in [5.74, 6) is 1.20. The number of aromatic nitrogens is 1. The maximum absolute atomic E-state index is 12.2. The Labute approximate surface area is 163 Å². The van der Waals surface area contributed by atoms with Gasteiger partial charge in [0.15, 0.2) is 6.10 Å². The van der Waals surface area contributed by atoms with E-state index in [1.165, 1.54) is 12.8 Å². The zero-order chi connectivity index (χ0) is 18.5. The summed E-state index contributed by atoms with van der Waals surface area (Å²) in [6, 6.07) is 8.88. The molecule has 1 N–H and O–H groups in total. The SMILES string of the molecule is C[C@H](Oc1ccc(Cl)cc1Cl)C(=O)NCc1ccc(N2CCCC2)nc1. The molecule has 1 atom stereocenters. The first-order chi connectivity index (χ1) is 12.5. The summed E-state index contributed by atoms with van der Waals surface area (Å²) in [7, 11) is 0. The monoisotopic (exact) mass is 393 g/mol. The van der Waals surface area contributed by atoms with E-state index in [0.29, 0.717) is 22.3 Å². The van der Waals surface area contributed by atoms with Crippen LogP contribution >= 0.6 is 23.2 Å². The molecule has 1 fully saturated rings. The Kier molecular flexibility index (Phi) is 6.22. The van der Waals surface area contributed by atoms with Crippen molar-refractivity contribution in [1.29, 1.82) is 0 Å². The van der Waals surface area contributed by atoms with Crippen LogP contribution in [0.15, 0.2) is 36.5 Å². The van der Waals surface area contributed by atoms with Gasteiger partial charge in [0.2, 0.25) is 0 Å². The van der Waals surface area contributed by atoms with Crippen molar-refractivity contribution < 1.29 is 9.53 Å². The van der Waals surface area contributed by atoms with Gasteiger partial charge in [-0.15, -0.1) is 0 Å². The molecule has 0 saturated carbocycles. The molecule has 2 heterocycles. The summed E-state index contributed by atoms with van der Waals surface area (Å²) in [6.07, 6.45) is 3.56. The maximum Gasteiger partial charge on any atom is 0.261 e. The predicted molar refractivity (Wildman–Crippen MR) is 104 cm³/mol. The van der Waals surface area contributed by atoms with Gasteiger partial charge in [0.25, 0.3) is 5.91 Å². The van der Waals surface area contributed by atoms with Crippen LogP contribution in [-0.4, -0.2) is 30.1 Å². The lowest BCUT2D eigenvalue weighted by Crippen LogP contribution is -2.36. The molecule has 1 aliphatic heterocycles. The van der Waals surface area contributed by atoms with Gasteiger partial charge < -0.3 is 15.0 Å². The number of carbonyl (C=O) groups excluding carboxylic acids is 1. The van der Waals surface area contributed by atoms with E-state index in [1.807, 2.05) is 12.1 Å². The second-order valence-corrected chi connectivity index (χ2v) is 7.12. The highest BCUT2D eigenvalue weighted by Gasteiger charge is 2.17. The number of pyridine rings is 1. The Morgan fingerprint density at radius 1 is 1.27 bits per heavy atom. The summed E-state index contributed by atoms with van der Waals surface area (Å²) in [5.41, 5.74) is 0.943. The van der Waals surface area contributed by atoms with Crippen LogP contribution in [0.25, 0.3) is 0 Å². The van der Waals surface area contributed by atoms with Gasteiger partial charge in [-0.05, 0) is 49.6 Å². The molecule has 138 valence electrons. The van der Waals surface area contributed by atoms with Crippen molar-refractivity contribution >= 4 is 34.9 Å². The molecule has 1 amide bonds. The molecule has 1 aromatic carbocycles. The average molecular weight is 394 g/mol. The molecule has 2 aromatic rings. The Hall–Kier alpha value is -1.98. The van der Waals surface area contributed by atoms with Gasteiger partial charge in [-0.25, -0.2) is 4.98 Å². The summed E-state index contributed by atoms with van der Waals surface area (Å²) < 4.78 is 5.61. The van der Waals surface area contributed by atoms with Crippen LogP contribution in [0.5, 0.6) is 5.75 Å². The van der Waals surface area contributed by atoms with Crippen LogP contribution in [0.1, 0.15) is 25.3 Å². The quantitative estimate of drug-likeness (QED) is 0.803. The highest BCUT2D eigenvalue weighted by molar-refractivity contribution is 6.35. The summed E-state index contributed by atoms with van der Waals surface area (Å²) in [5, 5.41) is 3.74. The van der Waals surface area contributed by atoms with E-state index in [-0.39, 0.29) is 5.91 Å². The molecule has 0 radical (unpaired) electrons. The molecule has 3 rings (SSSR count). The van der Waals surface area contributed by atoms with E-state index in [4.69, 9.17) is 27.9 Å². The number of ether oxygens (including phenoxy) is 1. The van der Waals surface area contributed by atoms with Gasteiger partial charge in [0.1, 0.15) is 11.6 Å². The molecule has 0 bridgehead atoms. The van der Waals surface area contributed by atoms with Crippen LogP contribution in [0.4, 0.5) is 5.82 Å². The van der Waals surface area contributed by atoms with Gasteiger partial charge in [0, 0.05) is 30.9 Å². The second-order valence-electron chi connectivity index (χ2n) is 6.27. The molecule has 7 heteroatoms. The van der Waals surface area contributed by atoms with E-state index in [0.717, 1.165) is 24.5 Å². The molecule has 0 unspecified atom stereocenters. The second kappa shape index (κ2) is 8.60. The Morgan fingerprint density at radius 2 is 2.04 bits per heavy atom. The number of rotatable bonds is 6. The summed E-state index contributed by atoms with van der Waals surface area (Å²) in [4.78, 5) is 19.0. The molecule has 1 saturated heterocycles. The first-order valence-electron chi connectivity index (χ1n) is 8.62. The molecule has 0 spiro atoms. The number of benzene rings is 1. The van der Waals surface area contributed by atoms with Gasteiger partial charge in [-0.2, -0.15) is 0 Å². The average Bonchev–Trinajstić information content (AvgIpc) is 3.17. The topological polar surface area (TPSA) is 54.5 Å². The number of carbonyl (C=O) groups is 1. The zero-order valence-electron chi connectivity index (χ0n) is 14.5. The predicted octanol–water partition coefficient (Wildman–Crippen LogP) is 4.07. The van der Waals surface area contributed by atoms with Crippen molar-refractivity contribution in [1.82, 2.24) is 10.3 Å². The fourth-order valence-electron chi connectivity index (χ4n) is 2.80. The fourth-order valence-corrected chi connectivity index (χ4v) is 3.26. The molecule has 1 aliphatic rings. The first-order valence-corrected chi connectivity index (χ1v) is 9.38. The number of nitrogens with one attached hydrogen (secondary N) is 1. The molecule has 26 heavy (non-hydrogen) atoms. The third-order valence-corrected chi connectivity index (χ3v) is 4.80. The van der Waals surface area contributed by atoms with Crippen molar-refractivity contribution in [3.63, 3.8) is 0 Å². The van der Waals surface area contributed by atoms with Crippen LogP contribution in [0.3, 0.4) is 0 Å². The number of hydrogen-bond acceptors (Lipinski definition) is 4. The standard InChI is InChI=1S/C19H21Cl2N3O2/c1-13(26-17-6-5-15(20)10-16(17)21)19(25)23-12-14-4-7-18(22-11-14)24-8-2-3-9-24/h4-7,10-11,13H,2-3,8-9,12H2,1H3,(H,23,25)/t13-/m0/s1. The van der Waals surface area contributed by atoms with Crippen LogP contribution in [-0.2, 0) is 11.3 Å². The fraction of sp³-hybridized carbons (Fsp3) is 0.368. The maximum atomic E-state index is 12.2. The molecule has 5 nitrogen and oxygen atoms in total. The first kappa shape index (κ1) is 18.8. The van der Waals surface area contributed by atoms with Gasteiger partial charge in [-0.3, -0.25) is 4.79 Å². The smallest absolute Gasteiger partial charge is 0.261 e. The number of halogens is 2. The molecular weight excluding hydrogens is 373 g/mol. The lowest BCUT2D eigenvalue weighted by Gasteiger charge is -2.17. The molecule has 1 aromatic heterocycles. The van der Waals surface area contributed by atoms with Gasteiger partial charge in [-0.1, -0.05) is 29.3 Å². The van der Waals surface area contributed by atoms with Crippen LogP contribution in [0, 0.1) is 0 Å². The minimum atomic E-state index is -0.675. The van der Waals surface area contributed by atoms with E-state index >= 15 is 0 Å². The van der Waals surface area contributed by atoms with Gasteiger partial charge in [0.05, 0.1) is 5.02 Å². The highest BCUT2D eigenvalue weighted by atomic mass is 35.5. The Bertz CT molecular complexity index is 762.